The molecule has 0 unspecified atom stereocenters. The van der Waals surface area contributed by atoms with Crippen molar-refractivity contribution in [2.75, 3.05) is 6.61 Å². The molecule has 1 aromatic rings. The van der Waals surface area contributed by atoms with Crippen molar-refractivity contribution >= 4 is 0 Å². The number of rotatable bonds is 5. The number of nitrogens with one attached hydrogen (secondary N) is 1. The lowest BCUT2D eigenvalue weighted by atomic mass is 10.0. The summed E-state index contributed by atoms with van der Waals surface area (Å²) in [5.41, 5.74) is 8.36. The summed E-state index contributed by atoms with van der Waals surface area (Å²) in [6, 6.07) is 4.43. The van der Waals surface area contributed by atoms with Gasteiger partial charge < -0.3 is 4.84 Å². The average molecular weight is 221 g/mol. The topological polar surface area (TPSA) is 21.3 Å². The maximum Gasteiger partial charge on any atom is 0.0705 e. The molecular formula is C14H23NO. The first-order valence-corrected chi connectivity index (χ1v) is 5.92. The summed E-state index contributed by atoms with van der Waals surface area (Å²) in [6.07, 6.45) is 0. The van der Waals surface area contributed by atoms with Crippen molar-refractivity contribution in [3.8, 4) is 0 Å². The molecule has 0 aliphatic carbocycles. The van der Waals surface area contributed by atoms with E-state index in [0.29, 0.717) is 5.92 Å². The van der Waals surface area contributed by atoms with E-state index in [-0.39, 0.29) is 0 Å². The Labute approximate surface area is 99.0 Å². The molecule has 90 valence electrons. The molecule has 0 atom stereocenters. The minimum absolute atomic E-state index is 0.563. The monoisotopic (exact) mass is 221 g/mol. The highest BCUT2D eigenvalue weighted by molar-refractivity contribution is 5.37. The van der Waals surface area contributed by atoms with Crippen molar-refractivity contribution < 1.29 is 4.84 Å². The molecule has 1 aromatic carbocycles. The fourth-order valence-electron chi connectivity index (χ4n) is 1.84. The summed E-state index contributed by atoms with van der Waals surface area (Å²) in [4.78, 5) is 5.39. The molecule has 0 amide bonds. The molecule has 1 N–H and O–H groups in total. The quantitative estimate of drug-likeness (QED) is 0.608. The lowest BCUT2D eigenvalue weighted by Crippen LogP contribution is -2.18. The second-order valence-corrected chi connectivity index (χ2v) is 4.90. The van der Waals surface area contributed by atoms with E-state index in [1.807, 2.05) is 0 Å². The third kappa shape index (κ3) is 3.95. The summed E-state index contributed by atoms with van der Waals surface area (Å²) in [7, 11) is 0. The van der Waals surface area contributed by atoms with Crippen LogP contribution in [-0.4, -0.2) is 6.61 Å². The average Bonchev–Trinajstić information content (AvgIpc) is 2.14. The SMILES string of the molecule is Cc1cc(C)c(CNOCC(C)C)c(C)c1. The van der Waals surface area contributed by atoms with Crippen molar-refractivity contribution in [1.29, 1.82) is 0 Å². The second-order valence-electron chi connectivity index (χ2n) is 4.90. The van der Waals surface area contributed by atoms with Crippen molar-refractivity contribution in [1.82, 2.24) is 5.48 Å². The van der Waals surface area contributed by atoms with E-state index in [1.165, 1.54) is 22.3 Å². The molecule has 0 heterocycles. The fourth-order valence-corrected chi connectivity index (χ4v) is 1.84. The number of hydrogen-bond donors (Lipinski definition) is 1. The van der Waals surface area contributed by atoms with Crippen molar-refractivity contribution in [3.05, 3.63) is 34.4 Å². The number of hydrogen-bond acceptors (Lipinski definition) is 2. The molecule has 0 radical (unpaired) electrons. The van der Waals surface area contributed by atoms with Gasteiger partial charge in [-0.25, -0.2) is 0 Å². The summed E-state index contributed by atoms with van der Waals surface area (Å²) in [6.45, 7) is 12.3. The van der Waals surface area contributed by atoms with Gasteiger partial charge in [0, 0.05) is 6.54 Å². The molecule has 0 aliphatic rings. The van der Waals surface area contributed by atoms with Crippen LogP contribution in [0.15, 0.2) is 12.1 Å². The Bertz CT molecular complexity index is 322. The summed E-state index contributed by atoms with van der Waals surface area (Å²) >= 11 is 0. The molecule has 0 aliphatic heterocycles. The van der Waals surface area contributed by atoms with Gasteiger partial charge in [0.25, 0.3) is 0 Å². The maximum absolute atomic E-state index is 5.39. The molecule has 0 saturated heterocycles. The van der Waals surface area contributed by atoms with Crippen LogP contribution in [0, 0.1) is 26.7 Å². The van der Waals surface area contributed by atoms with Crippen molar-refractivity contribution in [2.45, 2.75) is 41.2 Å². The van der Waals surface area contributed by atoms with E-state index in [9.17, 15) is 0 Å². The Kier molecular flexibility index (Phi) is 4.97. The van der Waals surface area contributed by atoms with Crippen LogP contribution >= 0.6 is 0 Å². The van der Waals surface area contributed by atoms with Crippen LogP contribution in [0.4, 0.5) is 0 Å². The van der Waals surface area contributed by atoms with Gasteiger partial charge in [-0.1, -0.05) is 31.5 Å². The third-order valence-electron chi connectivity index (χ3n) is 2.61. The standard InChI is InChI=1S/C14H23NO/c1-10(2)9-16-15-8-14-12(4)6-11(3)7-13(14)5/h6-7,10,15H,8-9H2,1-5H3. The van der Waals surface area contributed by atoms with E-state index >= 15 is 0 Å². The predicted molar refractivity (Wildman–Crippen MR) is 68.3 cm³/mol. The Hall–Kier alpha value is -0.860. The first-order valence-electron chi connectivity index (χ1n) is 5.92. The van der Waals surface area contributed by atoms with Crippen LogP contribution in [0.1, 0.15) is 36.1 Å². The first-order chi connectivity index (χ1) is 7.50. The first kappa shape index (κ1) is 13.2. The zero-order valence-electron chi connectivity index (χ0n) is 11.1. The number of benzene rings is 1. The van der Waals surface area contributed by atoms with Crippen LogP contribution in [0.25, 0.3) is 0 Å². The lowest BCUT2D eigenvalue weighted by Gasteiger charge is -2.13. The summed E-state index contributed by atoms with van der Waals surface area (Å²) in [5, 5.41) is 0. The molecule has 2 heteroatoms. The van der Waals surface area contributed by atoms with E-state index in [0.717, 1.165) is 13.2 Å². The third-order valence-corrected chi connectivity index (χ3v) is 2.61. The van der Waals surface area contributed by atoms with E-state index in [2.05, 4.69) is 52.2 Å². The highest BCUT2D eigenvalue weighted by Gasteiger charge is 2.03. The predicted octanol–water partition coefficient (Wildman–Crippen LogP) is 3.29. The van der Waals surface area contributed by atoms with Gasteiger partial charge in [0.2, 0.25) is 0 Å². The Balaban J connectivity index is 2.54. The van der Waals surface area contributed by atoms with Crippen molar-refractivity contribution in [2.24, 2.45) is 5.92 Å². The zero-order valence-corrected chi connectivity index (χ0v) is 11.1. The molecule has 0 spiro atoms. The molecule has 2 nitrogen and oxygen atoms in total. The second kappa shape index (κ2) is 6.02. The van der Waals surface area contributed by atoms with Gasteiger partial charge in [0.15, 0.2) is 0 Å². The van der Waals surface area contributed by atoms with Crippen LogP contribution in [0.3, 0.4) is 0 Å². The van der Waals surface area contributed by atoms with Gasteiger partial charge in [-0.15, -0.1) is 0 Å². The summed E-state index contributed by atoms with van der Waals surface area (Å²) in [5.74, 6) is 0.563. The molecule has 0 aromatic heterocycles. The van der Waals surface area contributed by atoms with E-state index < -0.39 is 0 Å². The van der Waals surface area contributed by atoms with Crippen LogP contribution in [-0.2, 0) is 11.4 Å². The molecule has 0 fully saturated rings. The largest absolute Gasteiger partial charge is 0.301 e. The minimum Gasteiger partial charge on any atom is -0.301 e. The normalized spacial score (nSPS) is 11.1. The highest BCUT2D eigenvalue weighted by atomic mass is 16.6. The lowest BCUT2D eigenvalue weighted by molar-refractivity contribution is 0.0195. The van der Waals surface area contributed by atoms with Gasteiger partial charge in [0.1, 0.15) is 0 Å². The minimum atomic E-state index is 0.563. The van der Waals surface area contributed by atoms with Crippen molar-refractivity contribution in [3.63, 3.8) is 0 Å². The highest BCUT2D eigenvalue weighted by Crippen LogP contribution is 2.15. The van der Waals surface area contributed by atoms with Gasteiger partial charge in [-0.3, -0.25) is 0 Å². The zero-order chi connectivity index (χ0) is 12.1. The Morgan fingerprint density at radius 3 is 2.19 bits per heavy atom. The van der Waals surface area contributed by atoms with Crippen LogP contribution in [0.5, 0.6) is 0 Å². The maximum atomic E-state index is 5.39. The fraction of sp³-hybridized carbons (Fsp3) is 0.571. The molecular weight excluding hydrogens is 198 g/mol. The van der Waals surface area contributed by atoms with Crippen LogP contribution < -0.4 is 5.48 Å². The molecule has 0 bridgehead atoms. The van der Waals surface area contributed by atoms with Gasteiger partial charge in [-0.2, -0.15) is 5.48 Å². The number of aryl methyl sites for hydroxylation is 3. The van der Waals surface area contributed by atoms with Crippen LogP contribution in [0.2, 0.25) is 0 Å². The molecule has 16 heavy (non-hydrogen) atoms. The van der Waals surface area contributed by atoms with Gasteiger partial charge in [0.05, 0.1) is 6.61 Å². The Morgan fingerprint density at radius 1 is 1.12 bits per heavy atom. The van der Waals surface area contributed by atoms with E-state index in [4.69, 9.17) is 4.84 Å². The smallest absolute Gasteiger partial charge is 0.0705 e. The van der Waals surface area contributed by atoms with Gasteiger partial charge in [-0.05, 0) is 43.4 Å². The van der Waals surface area contributed by atoms with Gasteiger partial charge >= 0.3 is 0 Å². The van der Waals surface area contributed by atoms with E-state index in [1.54, 1.807) is 0 Å². The molecule has 0 saturated carbocycles. The Morgan fingerprint density at radius 2 is 1.69 bits per heavy atom. The number of hydroxylamine groups is 1. The molecule has 1 rings (SSSR count). The summed E-state index contributed by atoms with van der Waals surface area (Å²) < 4.78 is 0.